The number of halogens is 2. The topological polar surface area (TPSA) is 61.4 Å². The van der Waals surface area contributed by atoms with Gasteiger partial charge in [0.2, 0.25) is 5.91 Å². The molecule has 130 valence electrons. The van der Waals surface area contributed by atoms with Crippen molar-refractivity contribution in [3.05, 3.63) is 52.0 Å². The zero-order valence-corrected chi connectivity index (χ0v) is 15.1. The Bertz CT molecular complexity index is 839. The maximum Gasteiger partial charge on any atom is 0.323 e. The standard InChI is InChI=1S/C18H17Cl2N3O2/c1-11-4-5-13(10-16(11)23-8-2-3-17(23)24)22-18(25)21-12-6-7-14(19)15(20)9-12/h4-7,9-10H,2-3,8H2,1H3,(H2,21,22,25). The predicted molar refractivity (Wildman–Crippen MR) is 102 cm³/mol. The van der Waals surface area contributed by atoms with Gasteiger partial charge in [-0.15, -0.1) is 0 Å². The summed E-state index contributed by atoms with van der Waals surface area (Å²) < 4.78 is 0. The second-order valence-corrected chi connectivity index (χ2v) is 6.67. The molecule has 0 radical (unpaired) electrons. The number of amides is 3. The highest BCUT2D eigenvalue weighted by atomic mass is 35.5. The molecule has 1 heterocycles. The first-order chi connectivity index (χ1) is 11.9. The fraction of sp³-hybridized carbons (Fsp3) is 0.222. The van der Waals surface area contributed by atoms with Crippen LogP contribution in [0.1, 0.15) is 18.4 Å². The van der Waals surface area contributed by atoms with Gasteiger partial charge in [0.1, 0.15) is 0 Å². The van der Waals surface area contributed by atoms with E-state index in [1.54, 1.807) is 29.2 Å². The summed E-state index contributed by atoms with van der Waals surface area (Å²) in [6.07, 6.45) is 1.42. The highest BCUT2D eigenvalue weighted by Gasteiger charge is 2.23. The fourth-order valence-electron chi connectivity index (χ4n) is 2.75. The Kier molecular flexibility index (Phi) is 5.16. The minimum absolute atomic E-state index is 0.112. The van der Waals surface area contributed by atoms with E-state index in [1.165, 1.54) is 0 Å². The van der Waals surface area contributed by atoms with Crippen molar-refractivity contribution in [1.29, 1.82) is 0 Å². The molecule has 3 amide bonds. The molecular weight excluding hydrogens is 361 g/mol. The number of carbonyl (C=O) groups excluding carboxylic acids is 2. The van der Waals surface area contributed by atoms with Crippen LogP contribution in [-0.4, -0.2) is 18.5 Å². The van der Waals surface area contributed by atoms with E-state index >= 15 is 0 Å². The van der Waals surface area contributed by atoms with Gasteiger partial charge in [0.05, 0.1) is 10.0 Å². The van der Waals surface area contributed by atoms with Crippen molar-refractivity contribution in [2.24, 2.45) is 0 Å². The number of hydrogen-bond donors (Lipinski definition) is 2. The van der Waals surface area contributed by atoms with Crippen molar-refractivity contribution in [2.75, 3.05) is 22.1 Å². The van der Waals surface area contributed by atoms with E-state index in [0.29, 0.717) is 34.4 Å². The fourth-order valence-corrected chi connectivity index (χ4v) is 3.05. The second-order valence-electron chi connectivity index (χ2n) is 5.86. The van der Waals surface area contributed by atoms with Crippen molar-refractivity contribution >= 4 is 52.2 Å². The Hall–Kier alpha value is -2.24. The lowest BCUT2D eigenvalue weighted by atomic mass is 10.1. The van der Waals surface area contributed by atoms with Gasteiger partial charge < -0.3 is 15.5 Å². The molecule has 0 saturated carbocycles. The van der Waals surface area contributed by atoms with Crippen LogP contribution in [0.2, 0.25) is 10.0 Å². The number of carbonyl (C=O) groups is 2. The molecule has 0 spiro atoms. The Morgan fingerprint density at radius 1 is 1.04 bits per heavy atom. The lowest BCUT2D eigenvalue weighted by Gasteiger charge is -2.19. The van der Waals surface area contributed by atoms with E-state index in [-0.39, 0.29) is 5.91 Å². The third kappa shape index (κ3) is 4.06. The summed E-state index contributed by atoms with van der Waals surface area (Å²) in [5.74, 6) is 0.112. The monoisotopic (exact) mass is 377 g/mol. The van der Waals surface area contributed by atoms with Gasteiger partial charge in [-0.05, 0) is 49.2 Å². The van der Waals surface area contributed by atoms with Crippen molar-refractivity contribution < 1.29 is 9.59 Å². The quantitative estimate of drug-likeness (QED) is 0.783. The smallest absolute Gasteiger partial charge is 0.312 e. The van der Waals surface area contributed by atoms with Gasteiger partial charge >= 0.3 is 6.03 Å². The van der Waals surface area contributed by atoms with E-state index in [1.807, 2.05) is 19.1 Å². The van der Waals surface area contributed by atoms with Crippen LogP contribution in [0.25, 0.3) is 0 Å². The summed E-state index contributed by atoms with van der Waals surface area (Å²) in [6, 6.07) is 9.95. The highest BCUT2D eigenvalue weighted by molar-refractivity contribution is 6.42. The molecule has 2 aromatic carbocycles. The Labute approximate surface area is 155 Å². The van der Waals surface area contributed by atoms with E-state index in [2.05, 4.69) is 10.6 Å². The largest absolute Gasteiger partial charge is 0.323 e. The lowest BCUT2D eigenvalue weighted by Crippen LogP contribution is -2.25. The summed E-state index contributed by atoms with van der Waals surface area (Å²) in [6.45, 7) is 2.65. The molecule has 1 aliphatic heterocycles. The third-order valence-electron chi connectivity index (χ3n) is 4.01. The Morgan fingerprint density at radius 2 is 1.72 bits per heavy atom. The average Bonchev–Trinajstić information content (AvgIpc) is 2.99. The van der Waals surface area contributed by atoms with Gasteiger partial charge in [-0.2, -0.15) is 0 Å². The molecular formula is C18H17Cl2N3O2. The minimum Gasteiger partial charge on any atom is -0.312 e. The van der Waals surface area contributed by atoms with Crippen LogP contribution in [0.15, 0.2) is 36.4 Å². The molecule has 7 heteroatoms. The van der Waals surface area contributed by atoms with Crippen molar-refractivity contribution in [3.8, 4) is 0 Å². The second kappa shape index (κ2) is 7.33. The first-order valence-electron chi connectivity index (χ1n) is 7.88. The van der Waals surface area contributed by atoms with Gasteiger partial charge in [0.15, 0.2) is 0 Å². The molecule has 25 heavy (non-hydrogen) atoms. The van der Waals surface area contributed by atoms with E-state index in [0.717, 1.165) is 17.7 Å². The van der Waals surface area contributed by atoms with E-state index in [9.17, 15) is 9.59 Å². The molecule has 0 unspecified atom stereocenters. The van der Waals surface area contributed by atoms with Crippen LogP contribution in [-0.2, 0) is 4.79 Å². The van der Waals surface area contributed by atoms with Gasteiger partial charge in [-0.3, -0.25) is 4.79 Å². The normalized spacial score (nSPS) is 13.9. The van der Waals surface area contributed by atoms with Gasteiger partial charge in [-0.1, -0.05) is 29.3 Å². The number of hydrogen-bond acceptors (Lipinski definition) is 2. The summed E-state index contributed by atoms with van der Waals surface area (Å²) in [7, 11) is 0. The molecule has 1 saturated heterocycles. The number of nitrogens with zero attached hydrogens (tertiary/aromatic N) is 1. The molecule has 3 rings (SSSR count). The summed E-state index contributed by atoms with van der Waals surface area (Å²) in [5.41, 5.74) is 2.97. The molecule has 0 atom stereocenters. The molecule has 0 bridgehead atoms. The molecule has 2 aromatic rings. The van der Waals surface area contributed by atoms with Crippen molar-refractivity contribution in [1.82, 2.24) is 0 Å². The number of urea groups is 1. The van der Waals surface area contributed by atoms with Gasteiger partial charge in [0.25, 0.3) is 0 Å². The number of aryl methyl sites for hydroxylation is 1. The number of rotatable bonds is 3. The molecule has 1 aliphatic rings. The first-order valence-corrected chi connectivity index (χ1v) is 8.64. The molecule has 1 fully saturated rings. The SMILES string of the molecule is Cc1ccc(NC(=O)Nc2ccc(Cl)c(Cl)c2)cc1N1CCCC1=O. The van der Waals surface area contributed by atoms with E-state index < -0.39 is 6.03 Å². The zero-order chi connectivity index (χ0) is 18.0. The summed E-state index contributed by atoms with van der Waals surface area (Å²) in [4.78, 5) is 25.9. The predicted octanol–water partition coefficient (Wildman–Crippen LogP) is 5.07. The molecule has 0 aliphatic carbocycles. The Morgan fingerprint density at radius 3 is 2.36 bits per heavy atom. The average molecular weight is 378 g/mol. The third-order valence-corrected chi connectivity index (χ3v) is 4.75. The zero-order valence-electron chi connectivity index (χ0n) is 13.6. The first kappa shape index (κ1) is 17.6. The molecule has 0 aromatic heterocycles. The van der Waals surface area contributed by atoms with Gasteiger partial charge in [0, 0.05) is 30.0 Å². The minimum atomic E-state index is -0.402. The van der Waals surface area contributed by atoms with Crippen LogP contribution in [0, 0.1) is 6.92 Å². The number of anilines is 3. The Balaban J connectivity index is 1.72. The van der Waals surface area contributed by atoms with Crippen molar-refractivity contribution in [2.45, 2.75) is 19.8 Å². The number of nitrogens with one attached hydrogen (secondary N) is 2. The van der Waals surface area contributed by atoms with Crippen molar-refractivity contribution in [3.63, 3.8) is 0 Å². The summed E-state index contributed by atoms with van der Waals surface area (Å²) >= 11 is 11.8. The van der Waals surface area contributed by atoms with Crippen LogP contribution in [0.5, 0.6) is 0 Å². The summed E-state index contributed by atoms with van der Waals surface area (Å²) in [5, 5.41) is 6.25. The molecule has 5 nitrogen and oxygen atoms in total. The van der Waals surface area contributed by atoms with Crippen LogP contribution < -0.4 is 15.5 Å². The number of benzene rings is 2. The van der Waals surface area contributed by atoms with E-state index in [4.69, 9.17) is 23.2 Å². The van der Waals surface area contributed by atoms with Crippen LogP contribution in [0.3, 0.4) is 0 Å². The van der Waals surface area contributed by atoms with Crippen LogP contribution in [0.4, 0.5) is 21.9 Å². The highest BCUT2D eigenvalue weighted by Crippen LogP contribution is 2.28. The lowest BCUT2D eigenvalue weighted by molar-refractivity contribution is -0.117. The van der Waals surface area contributed by atoms with Crippen LogP contribution >= 0.6 is 23.2 Å². The molecule has 2 N–H and O–H groups in total. The maximum absolute atomic E-state index is 12.2. The maximum atomic E-state index is 12.2. The van der Waals surface area contributed by atoms with Gasteiger partial charge in [-0.25, -0.2) is 4.79 Å².